The lowest BCUT2D eigenvalue weighted by Gasteiger charge is -2.20. The zero-order valence-corrected chi connectivity index (χ0v) is 12.6. The molecule has 0 saturated carbocycles. The van der Waals surface area contributed by atoms with E-state index >= 15 is 0 Å². The summed E-state index contributed by atoms with van der Waals surface area (Å²) in [5.74, 6) is -0.0341. The van der Waals surface area contributed by atoms with Crippen molar-refractivity contribution in [3.63, 3.8) is 0 Å². The highest BCUT2D eigenvalue weighted by Gasteiger charge is 2.09. The second-order valence-corrected chi connectivity index (χ2v) is 5.21. The predicted octanol–water partition coefficient (Wildman–Crippen LogP) is 0.0114. The summed E-state index contributed by atoms with van der Waals surface area (Å²) in [6, 6.07) is 0. The molecule has 2 aromatic heterocycles. The van der Waals surface area contributed by atoms with Gasteiger partial charge in [-0.3, -0.25) is 9.59 Å². The van der Waals surface area contributed by atoms with Crippen LogP contribution in [0.2, 0.25) is 0 Å². The number of rotatable bonds is 6. The number of allylic oxidation sites excluding steroid dienone is 2. The summed E-state index contributed by atoms with van der Waals surface area (Å²) in [7, 11) is 0. The summed E-state index contributed by atoms with van der Waals surface area (Å²) in [6.45, 7) is 2.68. The number of carbonyl (C=O) groups is 1. The van der Waals surface area contributed by atoms with Crippen molar-refractivity contribution < 1.29 is 4.79 Å². The maximum Gasteiger partial charge on any atom is 0.278 e. The fourth-order valence-corrected chi connectivity index (χ4v) is 2.38. The van der Waals surface area contributed by atoms with Crippen LogP contribution >= 0.6 is 0 Å². The van der Waals surface area contributed by atoms with Gasteiger partial charge in [0, 0.05) is 32.6 Å². The Labute approximate surface area is 132 Å². The molecule has 0 radical (unpaired) electrons. The predicted molar refractivity (Wildman–Crippen MR) is 85.6 cm³/mol. The quantitative estimate of drug-likeness (QED) is 0.783. The van der Waals surface area contributed by atoms with Gasteiger partial charge in [-0.25, -0.2) is 9.97 Å². The van der Waals surface area contributed by atoms with Gasteiger partial charge in [0.15, 0.2) is 11.2 Å². The fourth-order valence-electron chi connectivity index (χ4n) is 2.38. The first-order chi connectivity index (χ1) is 11.2. The SMILES string of the molecule is O=C(CCn1cnc2c(=O)[nH]cnc21)NCCN1C=CC=CC1. The van der Waals surface area contributed by atoms with Gasteiger partial charge in [0.25, 0.3) is 5.56 Å². The molecule has 8 heteroatoms. The van der Waals surface area contributed by atoms with Crippen LogP contribution in [0.15, 0.2) is 41.9 Å². The van der Waals surface area contributed by atoms with Crippen LogP contribution < -0.4 is 10.9 Å². The molecule has 0 bridgehead atoms. The van der Waals surface area contributed by atoms with Crippen LogP contribution in [0, 0.1) is 0 Å². The number of hydrogen-bond donors (Lipinski definition) is 2. The van der Waals surface area contributed by atoms with E-state index in [1.807, 2.05) is 18.4 Å². The summed E-state index contributed by atoms with van der Waals surface area (Å²) < 4.78 is 1.71. The molecule has 1 amide bonds. The van der Waals surface area contributed by atoms with Crippen molar-refractivity contribution in [3.05, 3.63) is 47.4 Å². The molecule has 2 N–H and O–H groups in total. The molecule has 0 aliphatic carbocycles. The summed E-state index contributed by atoms with van der Waals surface area (Å²) in [5.41, 5.74) is 0.506. The van der Waals surface area contributed by atoms with E-state index in [9.17, 15) is 9.59 Å². The number of aromatic amines is 1. The maximum atomic E-state index is 11.9. The van der Waals surface area contributed by atoms with Gasteiger partial charge < -0.3 is 19.8 Å². The molecule has 1 aliphatic rings. The Balaban J connectivity index is 1.47. The van der Waals surface area contributed by atoms with E-state index in [2.05, 4.69) is 31.2 Å². The van der Waals surface area contributed by atoms with Gasteiger partial charge in [0.05, 0.1) is 12.7 Å². The standard InChI is InChI=1S/C15H18N6O2/c22-12(16-5-9-20-6-2-1-3-7-20)4-8-21-11-19-13-14(21)17-10-18-15(13)23/h1-3,6,10-11H,4-5,7-9H2,(H,16,22)(H,17,18,23). The molecule has 8 nitrogen and oxygen atoms in total. The first-order valence-corrected chi connectivity index (χ1v) is 7.46. The molecular weight excluding hydrogens is 296 g/mol. The van der Waals surface area contributed by atoms with E-state index in [0.29, 0.717) is 25.2 Å². The molecule has 0 spiro atoms. The third kappa shape index (κ3) is 3.65. The number of carbonyl (C=O) groups excluding carboxylic acids is 1. The van der Waals surface area contributed by atoms with Crippen LogP contribution in [0.25, 0.3) is 11.2 Å². The first kappa shape index (κ1) is 15.0. The Hall–Kier alpha value is -2.90. The Morgan fingerprint density at radius 2 is 2.22 bits per heavy atom. The van der Waals surface area contributed by atoms with Gasteiger partial charge in [-0.1, -0.05) is 12.2 Å². The van der Waals surface area contributed by atoms with Crippen molar-refractivity contribution in [2.75, 3.05) is 19.6 Å². The second-order valence-electron chi connectivity index (χ2n) is 5.21. The average Bonchev–Trinajstić information content (AvgIpc) is 2.98. The van der Waals surface area contributed by atoms with Gasteiger partial charge in [-0.2, -0.15) is 0 Å². The highest BCUT2D eigenvalue weighted by molar-refractivity contribution is 5.76. The molecule has 2 aromatic rings. The molecular formula is C15H18N6O2. The number of nitrogens with one attached hydrogen (secondary N) is 2. The zero-order valence-electron chi connectivity index (χ0n) is 12.6. The highest BCUT2D eigenvalue weighted by atomic mass is 16.1. The normalized spacial score (nSPS) is 13.7. The lowest BCUT2D eigenvalue weighted by Crippen LogP contribution is -2.33. The number of hydrogen-bond acceptors (Lipinski definition) is 5. The molecule has 0 unspecified atom stereocenters. The van der Waals surface area contributed by atoms with E-state index in [-0.39, 0.29) is 17.0 Å². The third-order valence-electron chi connectivity index (χ3n) is 3.59. The lowest BCUT2D eigenvalue weighted by molar-refractivity contribution is -0.121. The molecule has 0 fully saturated rings. The van der Waals surface area contributed by atoms with Crippen molar-refractivity contribution >= 4 is 17.1 Å². The van der Waals surface area contributed by atoms with Crippen molar-refractivity contribution in [3.8, 4) is 0 Å². The van der Waals surface area contributed by atoms with Gasteiger partial charge >= 0.3 is 0 Å². The number of imidazole rings is 1. The van der Waals surface area contributed by atoms with Gasteiger partial charge in [-0.15, -0.1) is 0 Å². The Morgan fingerprint density at radius 3 is 3.04 bits per heavy atom. The summed E-state index contributed by atoms with van der Waals surface area (Å²) in [4.78, 5) is 36.2. The Kier molecular flexibility index (Phi) is 4.51. The lowest BCUT2D eigenvalue weighted by atomic mass is 10.3. The Morgan fingerprint density at radius 1 is 1.30 bits per heavy atom. The third-order valence-corrected chi connectivity index (χ3v) is 3.59. The van der Waals surface area contributed by atoms with Gasteiger partial charge in [-0.05, 0) is 12.3 Å². The van der Waals surface area contributed by atoms with E-state index < -0.39 is 0 Å². The summed E-state index contributed by atoms with van der Waals surface area (Å²) >= 11 is 0. The number of fused-ring (bicyclic) bond motifs is 1. The molecule has 23 heavy (non-hydrogen) atoms. The average molecular weight is 314 g/mol. The summed E-state index contributed by atoms with van der Waals surface area (Å²) in [6.07, 6.45) is 11.2. The van der Waals surface area contributed by atoms with Crippen LogP contribution in [-0.2, 0) is 11.3 Å². The minimum Gasteiger partial charge on any atom is -0.372 e. The number of amides is 1. The molecule has 0 aromatic carbocycles. The van der Waals surface area contributed by atoms with Crippen LogP contribution in [0.3, 0.4) is 0 Å². The smallest absolute Gasteiger partial charge is 0.278 e. The molecule has 1 aliphatic heterocycles. The monoisotopic (exact) mass is 314 g/mol. The van der Waals surface area contributed by atoms with Crippen LogP contribution in [0.1, 0.15) is 6.42 Å². The van der Waals surface area contributed by atoms with E-state index in [4.69, 9.17) is 0 Å². The van der Waals surface area contributed by atoms with E-state index in [1.165, 1.54) is 12.7 Å². The van der Waals surface area contributed by atoms with Crippen molar-refractivity contribution in [2.45, 2.75) is 13.0 Å². The summed E-state index contributed by atoms with van der Waals surface area (Å²) in [5, 5.41) is 2.89. The minimum absolute atomic E-state index is 0.0341. The molecule has 0 saturated heterocycles. The van der Waals surface area contributed by atoms with E-state index in [0.717, 1.165) is 13.1 Å². The number of nitrogens with zero attached hydrogens (tertiary/aromatic N) is 4. The second kappa shape index (κ2) is 6.91. The molecule has 3 heterocycles. The maximum absolute atomic E-state index is 11.9. The van der Waals surface area contributed by atoms with Crippen molar-refractivity contribution in [2.24, 2.45) is 0 Å². The zero-order chi connectivity index (χ0) is 16.1. The van der Waals surface area contributed by atoms with E-state index in [1.54, 1.807) is 4.57 Å². The molecule has 3 rings (SSSR count). The fraction of sp³-hybridized carbons (Fsp3) is 0.333. The first-order valence-electron chi connectivity index (χ1n) is 7.46. The van der Waals surface area contributed by atoms with Crippen molar-refractivity contribution in [1.29, 1.82) is 0 Å². The van der Waals surface area contributed by atoms with Crippen LogP contribution in [0.4, 0.5) is 0 Å². The topological polar surface area (TPSA) is 95.9 Å². The minimum atomic E-state index is -0.276. The number of aryl methyl sites for hydroxylation is 1. The van der Waals surface area contributed by atoms with Gasteiger partial charge in [0.2, 0.25) is 5.91 Å². The molecule has 120 valence electrons. The van der Waals surface area contributed by atoms with Crippen LogP contribution in [0.5, 0.6) is 0 Å². The number of aromatic nitrogens is 4. The molecule has 0 atom stereocenters. The largest absolute Gasteiger partial charge is 0.372 e. The highest BCUT2D eigenvalue weighted by Crippen LogP contribution is 2.04. The van der Waals surface area contributed by atoms with Crippen LogP contribution in [-0.4, -0.2) is 50.0 Å². The van der Waals surface area contributed by atoms with Crippen molar-refractivity contribution in [1.82, 2.24) is 29.7 Å². The Bertz CT molecular complexity index is 804. The number of H-pyrrole nitrogens is 1. The van der Waals surface area contributed by atoms with Gasteiger partial charge in [0.1, 0.15) is 0 Å².